The van der Waals surface area contributed by atoms with Gasteiger partial charge in [-0.2, -0.15) is 0 Å². The second kappa shape index (κ2) is 5.41. The summed E-state index contributed by atoms with van der Waals surface area (Å²) < 4.78 is 0. The van der Waals surface area contributed by atoms with Crippen molar-refractivity contribution in [3.05, 3.63) is 59.7 Å². The van der Waals surface area contributed by atoms with Gasteiger partial charge in [0.15, 0.2) is 0 Å². The highest BCUT2D eigenvalue weighted by molar-refractivity contribution is 5.92. The molecule has 3 heterocycles. The zero-order valence-electron chi connectivity index (χ0n) is 11.5. The summed E-state index contributed by atoms with van der Waals surface area (Å²) in [5.41, 5.74) is 2.56. The molecule has 1 aliphatic heterocycles. The van der Waals surface area contributed by atoms with Crippen molar-refractivity contribution in [1.82, 2.24) is 14.9 Å². The second-order valence-electron chi connectivity index (χ2n) is 5.10. The fourth-order valence-corrected chi connectivity index (χ4v) is 2.75. The van der Waals surface area contributed by atoms with Crippen LogP contribution in [-0.4, -0.2) is 27.3 Å². The minimum Gasteiger partial charge on any atom is -0.330 e. The van der Waals surface area contributed by atoms with Crippen molar-refractivity contribution in [2.24, 2.45) is 0 Å². The maximum absolute atomic E-state index is 12.6. The molecule has 0 bridgehead atoms. The Labute approximate surface area is 118 Å². The Kier molecular flexibility index (Phi) is 3.46. The molecule has 4 nitrogen and oxygen atoms in total. The lowest BCUT2D eigenvalue weighted by Crippen LogP contribution is -2.31. The minimum atomic E-state index is 0.0213. The quantitative estimate of drug-likeness (QED) is 0.840. The number of likely N-dealkylation sites (tertiary alicyclic amines) is 1. The topological polar surface area (TPSA) is 46.1 Å². The molecule has 20 heavy (non-hydrogen) atoms. The van der Waals surface area contributed by atoms with E-state index in [2.05, 4.69) is 9.97 Å². The van der Waals surface area contributed by atoms with E-state index in [4.69, 9.17) is 0 Å². The van der Waals surface area contributed by atoms with Gasteiger partial charge in [0.05, 0.1) is 6.04 Å². The van der Waals surface area contributed by atoms with Crippen LogP contribution in [0.3, 0.4) is 0 Å². The van der Waals surface area contributed by atoms with Crippen LogP contribution in [0.2, 0.25) is 0 Å². The number of carbonyl (C=O) groups is 1. The molecule has 1 aliphatic rings. The Morgan fingerprint density at radius 3 is 2.80 bits per heavy atom. The molecule has 102 valence electrons. The molecule has 0 aliphatic carbocycles. The summed E-state index contributed by atoms with van der Waals surface area (Å²) in [5.74, 6) is 0.0213. The molecule has 4 heteroatoms. The summed E-state index contributed by atoms with van der Waals surface area (Å²) in [4.78, 5) is 22.9. The van der Waals surface area contributed by atoms with Gasteiger partial charge in [-0.05, 0) is 49.6 Å². The average molecular weight is 267 g/mol. The van der Waals surface area contributed by atoms with Crippen LogP contribution in [0.5, 0.6) is 0 Å². The summed E-state index contributed by atoms with van der Waals surface area (Å²) in [5, 5.41) is 0. The van der Waals surface area contributed by atoms with Gasteiger partial charge in [0, 0.05) is 24.6 Å². The van der Waals surface area contributed by atoms with Crippen molar-refractivity contribution in [3.8, 4) is 0 Å². The summed E-state index contributed by atoms with van der Waals surface area (Å²) in [6.07, 6.45) is 5.59. The highest BCUT2D eigenvalue weighted by Crippen LogP contribution is 2.32. The number of carbonyl (C=O) groups excluding carboxylic acids is 1. The number of hydrogen-bond donors (Lipinski definition) is 0. The van der Waals surface area contributed by atoms with Crippen molar-refractivity contribution in [2.75, 3.05) is 6.54 Å². The summed E-state index contributed by atoms with van der Waals surface area (Å²) in [6.45, 7) is 2.70. The second-order valence-corrected chi connectivity index (χ2v) is 5.10. The van der Waals surface area contributed by atoms with Crippen LogP contribution in [0.4, 0.5) is 0 Å². The molecule has 1 fully saturated rings. The van der Waals surface area contributed by atoms with Gasteiger partial charge in [0.1, 0.15) is 5.69 Å². The van der Waals surface area contributed by atoms with E-state index in [1.54, 1.807) is 18.5 Å². The van der Waals surface area contributed by atoms with E-state index in [-0.39, 0.29) is 11.9 Å². The lowest BCUT2D eigenvalue weighted by Gasteiger charge is -2.24. The Hall–Kier alpha value is -2.23. The van der Waals surface area contributed by atoms with Gasteiger partial charge in [-0.25, -0.2) is 4.98 Å². The van der Waals surface area contributed by atoms with E-state index < -0.39 is 0 Å². The first kappa shape index (κ1) is 12.8. The first-order valence-electron chi connectivity index (χ1n) is 6.90. The maximum Gasteiger partial charge on any atom is 0.272 e. The van der Waals surface area contributed by atoms with E-state index >= 15 is 0 Å². The molecule has 0 spiro atoms. The molecule has 0 aromatic carbocycles. The molecule has 3 rings (SSSR count). The van der Waals surface area contributed by atoms with Gasteiger partial charge in [-0.1, -0.05) is 6.07 Å². The molecular weight excluding hydrogens is 250 g/mol. The highest BCUT2D eigenvalue weighted by atomic mass is 16.2. The van der Waals surface area contributed by atoms with Gasteiger partial charge in [0.2, 0.25) is 0 Å². The van der Waals surface area contributed by atoms with Gasteiger partial charge in [0.25, 0.3) is 5.91 Å². The number of hydrogen-bond acceptors (Lipinski definition) is 3. The molecule has 0 saturated carbocycles. The van der Waals surface area contributed by atoms with Crippen LogP contribution < -0.4 is 0 Å². The maximum atomic E-state index is 12.6. The smallest absolute Gasteiger partial charge is 0.272 e. The SMILES string of the molecule is Cc1cccc(C(=O)N2CCCC2c2ccncc2)n1. The molecule has 1 atom stereocenters. The molecule has 1 unspecified atom stereocenters. The fraction of sp³-hybridized carbons (Fsp3) is 0.312. The normalized spacial score (nSPS) is 18.2. The Morgan fingerprint density at radius 1 is 1.25 bits per heavy atom. The number of pyridine rings is 2. The van der Waals surface area contributed by atoms with Crippen molar-refractivity contribution in [2.45, 2.75) is 25.8 Å². The summed E-state index contributed by atoms with van der Waals surface area (Å²) in [7, 11) is 0. The zero-order chi connectivity index (χ0) is 13.9. The van der Waals surface area contributed by atoms with Crippen LogP contribution in [0, 0.1) is 6.92 Å². The standard InChI is InChI=1S/C16H17N3O/c1-12-4-2-5-14(18-12)16(20)19-11-3-6-15(19)13-7-9-17-10-8-13/h2,4-5,7-10,15H,3,6,11H2,1H3. The van der Waals surface area contributed by atoms with Crippen LogP contribution in [0.25, 0.3) is 0 Å². The highest BCUT2D eigenvalue weighted by Gasteiger charge is 2.31. The van der Waals surface area contributed by atoms with Crippen molar-refractivity contribution in [1.29, 1.82) is 0 Å². The molecular formula is C16H17N3O. The first-order chi connectivity index (χ1) is 9.75. The van der Waals surface area contributed by atoms with Gasteiger partial charge >= 0.3 is 0 Å². The number of amides is 1. The molecule has 2 aromatic rings. The van der Waals surface area contributed by atoms with Gasteiger partial charge < -0.3 is 4.90 Å². The fourth-order valence-electron chi connectivity index (χ4n) is 2.75. The van der Waals surface area contributed by atoms with Crippen LogP contribution in [0.15, 0.2) is 42.7 Å². The van der Waals surface area contributed by atoms with Gasteiger partial charge in [-0.3, -0.25) is 9.78 Å². The van der Waals surface area contributed by atoms with Crippen LogP contribution in [-0.2, 0) is 0 Å². The molecule has 0 radical (unpaired) electrons. The lowest BCUT2D eigenvalue weighted by molar-refractivity contribution is 0.0729. The number of aryl methyl sites for hydroxylation is 1. The van der Waals surface area contributed by atoms with Crippen LogP contribution in [0.1, 0.15) is 40.6 Å². The predicted molar refractivity (Wildman–Crippen MR) is 76.2 cm³/mol. The minimum absolute atomic E-state index is 0.0213. The largest absolute Gasteiger partial charge is 0.330 e. The van der Waals surface area contributed by atoms with E-state index in [1.165, 1.54) is 0 Å². The summed E-state index contributed by atoms with van der Waals surface area (Å²) in [6, 6.07) is 9.69. The Morgan fingerprint density at radius 2 is 2.05 bits per heavy atom. The molecule has 2 aromatic heterocycles. The first-order valence-corrected chi connectivity index (χ1v) is 6.90. The zero-order valence-corrected chi connectivity index (χ0v) is 11.5. The van der Waals surface area contributed by atoms with Crippen molar-refractivity contribution < 1.29 is 4.79 Å². The Balaban J connectivity index is 1.87. The van der Waals surface area contributed by atoms with Crippen molar-refractivity contribution in [3.63, 3.8) is 0 Å². The van der Waals surface area contributed by atoms with E-state index in [0.29, 0.717) is 5.69 Å². The van der Waals surface area contributed by atoms with E-state index in [9.17, 15) is 4.79 Å². The van der Waals surface area contributed by atoms with E-state index in [0.717, 1.165) is 30.6 Å². The third-order valence-electron chi connectivity index (χ3n) is 3.71. The van der Waals surface area contributed by atoms with Crippen molar-refractivity contribution >= 4 is 5.91 Å². The summed E-state index contributed by atoms with van der Waals surface area (Å²) >= 11 is 0. The number of rotatable bonds is 2. The average Bonchev–Trinajstić information content (AvgIpc) is 2.97. The van der Waals surface area contributed by atoms with E-state index in [1.807, 2.05) is 36.1 Å². The molecule has 1 saturated heterocycles. The monoisotopic (exact) mass is 267 g/mol. The number of aromatic nitrogens is 2. The van der Waals surface area contributed by atoms with Crippen LogP contribution >= 0.6 is 0 Å². The van der Waals surface area contributed by atoms with Gasteiger partial charge in [-0.15, -0.1) is 0 Å². The number of nitrogens with zero attached hydrogens (tertiary/aromatic N) is 3. The lowest BCUT2D eigenvalue weighted by atomic mass is 10.1. The third-order valence-corrected chi connectivity index (χ3v) is 3.71. The molecule has 0 N–H and O–H groups in total. The molecule has 1 amide bonds. The predicted octanol–water partition coefficient (Wildman–Crippen LogP) is 2.76. The third kappa shape index (κ3) is 2.41. The Bertz CT molecular complexity index is 612.